The van der Waals surface area contributed by atoms with E-state index in [1.54, 1.807) is 0 Å². The number of thiocarbonyl (C=S) groups is 1. The predicted octanol–water partition coefficient (Wildman–Crippen LogP) is 2.49. The normalized spacial score (nSPS) is 13.6. The van der Waals surface area contributed by atoms with E-state index in [2.05, 4.69) is 10.6 Å². The molecule has 0 saturated heterocycles. The van der Waals surface area contributed by atoms with E-state index in [-0.39, 0.29) is 0 Å². The van der Waals surface area contributed by atoms with Crippen molar-refractivity contribution in [1.82, 2.24) is 10.6 Å². The van der Waals surface area contributed by atoms with Crippen molar-refractivity contribution in [1.29, 1.82) is 0 Å². The van der Waals surface area contributed by atoms with Gasteiger partial charge in [0.05, 0.1) is 18.2 Å². The van der Waals surface area contributed by atoms with Gasteiger partial charge in [-0.15, -0.1) is 0 Å². The Bertz CT molecular complexity index is 468. The zero-order valence-electron chi connectivity index (χ0n) is 10.8. The van der Waals surface area contributed by atoms with Gasteiger partial charge >= 0.3 is 0 Å². The van der Waals surface area contributed by atoms with Crippen LogP contribution in [0.25, 0.3) is 0 Å². The summed E-state index contributed by atoms with van der Waals surface area (Å²) >= 11 is 11.3. The number of hydrogen-bond acceptors (Lipinski definition) is 3. The van der Waals surface area contributed by atoms with Crippen molar-refractivity contribution < 1.29 is 9.47 Å². The smallest absolute Gasteiger partial charge is 0.179 e. The molecule has 19 heavy (non-hydrogen) atoms. The second-order valence-corrected chi connectivity index (χ2v) is 4.98. The molecule has 0 bridgehead atoms. The molecule has 0 aromatic heterocycles. The molecule has 0 fully saturated rings. The maximum Gasteiger partial charge on any atom is 0.179 e. The zero-order valence-corrected chi connectivity index (χ0v) is 12.4. The van der Waals surface area contributed by atoms with Crippen LogP contribution in [-0.2, 0) is 6.54 Å². The lowest BCUT2D eigenvalue weighted by molar-refractivity contribution is 0.297. The van der Waals surface area contributed by atoms with E-state index in [1.807, 2.05) is 19.1 Å². The predicted molar refractivity (Wildman–Crippen MR) is 80.2 cm³/mol. The summed E-state index contributed by atoms with van der Waals surface area (Å²) in [7, 11) is 0. The van der Waals surface area contributed by atoms with E-state index in [4.69, 9.17) is 33.3 Å². The van der Waals surface area contributed by atoms with Crippen molar-refractivity contribution in [2.45, 2.75) is 19.9 Å². The second kappa shape index (κ2) is 6.82. The fourth-order valence-corrected chi connectivity index (χ4v) is 2.30. The molecule has 1 heterocycles. The van der Waals surface area contributed by atoms with E-state index in [1.165, 1.54) is 0 Å². The van der Waals surface area contributed by atoms with Crippen LogP contribution in [0.1, 0.15) is 18.9 Å². The quantitative estimate of drug-likeness (QED) is 0.840. The van der Waals surface area contributed by atoms with E-state index in [0.717, 1.165) is 18.5 Å². The van der Waals surface area contributed by atoms with E-state index in [0.29, 0.717) is 41.4 Å². The largest absolute Gasteiger partial charge is 0.489 e. The van der Waals surface area contributed by atoms with Gasteiger partial charge in [0.15, 0.2) is 16.6 Å². The molecule has 1 aliphatic rings. The highest BCUT2D eigenvalue weighted by Crippen LogP contribution is 2.37. The molecule has 2 N–H and O–H groups in total. The van der Waals surface area contributed by atoms with Crippen LogP contribution in [0.5, 0.6) is 11.5 Å². The second-order valence-electron chi connectivity index (χ2n) is 4.17. The molecule has 4 nitrogen and oxygen atoms in total. The number of benzene rings is 1. The first-order valence-corrected chi connectivity index (χ1v) is 7.09. The lowest BCUT2D eigenvalue weighted by Crippen LogP contribution is -2.34. The maximum atomic E-state index is 6.22. The van der Waals surface area contributed by atoms with Gasteiger partial charge in [-0.25, -0.2) is 0 Å². The number of hydrogen-bond donors (Lipinski definition) is 2. The SMILES string of the molecule is CCNC(=S)NCc1cc(Cl)c2c(c1)OCCCO2. The summed E-state index contributed by atoms with van der Waals surface area (Å²) in [6.07, 6.45) is 0.864. The Morgan fingerprint density at radius 3 is 2.89 bits per heavy atom. The topological polar surface area (TPSA) is 42.5 Å². The maximum absolute atomic E-state index is 6.22. The van der Waals surface area contributed by atoms with Crippen LogP contribution in [-0.4, -0.2) is 24.9 Å². The highest BCUT2D eigenvalue weighted by atomic mass is 35.5. The van der Waals surface area contributed by atoms with Gasteiger partial charge in [0.2, 0.25) is 0 Å². The fourth-order valence-electron chi connectivity index (χ4n) is 1.79. The molecule has 0 spiro atoms. The number of ether oxygens (including phenoxy) is 2. The minimum absolute atomic E-state index is 0.575. The van der Waals surface area contributed by atoms with Crippen molar-refractivity contribution in [3.8, 4) is 11.5 Å². The Kier molecular flexibility index (Phi) is 5.10. The molecule has 1 aromatic carbocycles. The van der Waals surface area contributed by atoms with E-state index in [9.17, 15) is 0 Å². The minimum Gasteiger partial charge on any atom is -0.489 e. The van der Waals surface area contributed by atoms with Crippen LogP contribution in [0, 0.1) is 0 Å². The Morgan fingerprint density at radius 2 is 2.11 bits per heavy atom. The fraction of sp³-hybridized carbons (Fsp3) is 0.462. The minimum atomic E-state index is 0.575. The Hall–Kier alpha value is -1.20. The summed E-state index contributed by atoms with van der Waals surface area (Å²) < 4.78 is 11.2. The summed E-state index contributed by atoms with van der Waals surface area (Å²) in [5.41, 5.74) is 1.01. The third-order valence-electron chi connectivity index (χ3n) is 2.65. The third kappa shape index (κ3) is 3.88. The molecule has 0 radical (unpaired) electrons. The molecule has 1 aliphatic heterocycles. The first-order chi connectivity index (χ1) is 9.20. The highest BCUT2D eigenvalue weighted by Gasteiger charge is 2.15. The van der Waals surface area contributed by atoms with Gasteiger partial charge in [-0.2, -0.15) is 0 Å². The first kappa shape index (κ1) is 14.2. The molecule has 0 atom stereocenters. The van der Waals surface area contributed by atoms with Gasteiger partial charge in [-0.05, 0) is 36.8 Å². The average molecular weight is 301 g/mol. The van der Waals surface area contributed by atoms with Gasteiger partial charge in [-0.3, -0.25) is 0 Å². The summed E-state index contributed by atoms with van der Waals surface area (Å²) in [6.45, 7) is 4.68. The number of halogens is 1. The lowest BCUT2D eigenvalue weighted by atomic mass is 10.2. The standard InChI is InChI=1S/C13H17ClN2O2S/c1-2-15-13(19)16-8-9-6-10(14)12-11(7-9)17-4-3-5-18-12/h6-7H,2-5,8H2,1H3,(H2,15,16,19). The number of rotatable bonds is 3. The van der Waals surface area contributed by atoms with Crippen LogP contribution in [0.4, 0.5) is 0 Å². The number of fused-ring (bicyclic) bond motifs is 1. The summed E-state index contributed by atoms with van der Waals surface area (Å²) in [5, 5.41) is 7.35. The Morgan fingerprint density at radius 1 is 1.32 bits per heavy atom. The van der Waals surface area contributed by atoms with Crippen LogP contribution < -0.4 is 20.1 Å². The molecule has 0 unspecified atom stereocenters. The Balaban J connectivity index is 2.08. The van der Waals surface area contributed by atoms with E-state index >= 15 is 0 Å². The molecule has 0 amide bonds. The summed E-state index contributed by atoms with van der Waals surface area (Å²) in [4.78, 5) is 0. The van der Waals surface area contributed by atoms with Crippen LogP contribution in [0.3, 0.4) is 0 Å². The zero-order chi connectivity index (χ0) is 13.7. The van der Waals surface area contributed by atoms with Crippen molar-refractivity contribution in [3.05, 3.63) is 22.7 Å². The molecule has 0 saturated carbocycles. The van der Waals surface area contributed by atoms with Gasteiger partial charge in [0.25, 0.3) is 0 Å². The average Bonchev–Trinajstić information content (AvgIpc) is 2.62. The highest BCUT2D eigenvalue weighted by molar-refractivity contribution is 7.80. The third-order valence-corrected chi connectivity index (χ3v) is 3.22. The van der Waals surface area contributed by atoms with Gasteiger partial charge in [0.1, 0.15) is 0 Å². The van der Waals surface area contributed by atoms with Gasteiger partial charge < -0.3 is 20.1 Å². The molecule has 6 heteroatoms. The van der Waals surface area contributed by atoms with Gasteiger partial charge in [-0.1, -0.05) is 11.6 Å². The molecule has 1 aromatic rings. The van der Waals surface area contributed by atoms with Crippen molar-refractivity contribution in [3.63, 3.8) is 0 Å². The molecule has 2 rings (SSSR count). The Labute approximate surface area is 123 Å². The van der Waals surface area contributed by atoms with Crippen molar-refractivity contribution in [2.75, 3.05) is 19.8 Å². The van der Waals surface area contributed by atoms with Crippen LogP contribution >= 0.6 is 23.8 Å². The first-order valence-electron chi connectivity index (χ1n) is 6.30. The summed E-state index contributed by atoms with van der Waals surface area (Å²) in [5.74, 6) is 1.34. The van der Waals surface area contributed by atoms with Crippen molar-refractivity contribution >= 4 is 28.9 Å². The lowest BCUT2D eigenvalue weighted by Gasteiger charge is -2.13. The van der Waals surface area contributed by atoms with Crippen LogP contribution in [0.15, 0.2) is 12.1 Å². The molecule has 0 aliphatic carbocycles. The summed E-state index contributed by atoms with van der Waals surface area (Å²) in [6, 6.07) is 3.81. The monoisotopic (exact) mass is 300 g/mol. The molecular formula is C13H17ClN2O2S. The van der Waals surface area contributed by atoms with Crippen LogP contribution in [0.2, 0.25) is 5.02 Å². The molecule has 104 valence electrons. The molecular weight excluding hydrogens is 284 g/mol. The van der Waals surface area contributed by atoms with E-state index < -0.39 is 0 Å². The van der Waals surface area contributed by atoms with Gasteiger partial charge in [0, 0.05) is 19.5 Å². The van der Waals surface area contributed by atoms with Crippen molar-refractivity contribution in [2.24, 2.45) is 0 Å². The number of nitrogens with one attached hydrogen (secondary N) is 2.